The van der Waals surface area contributed by atoms with Gasteiger partial charge in [-0.3, -0.25) is 4.79 Å². The second kappa shape index (κ2) is 10.1. The summed E-state index contributed by atoms with van der Waals surface area (Å²) in [6.45, 7) is 0. The maximum absolute atomic E-state index is 12.9. The van der Waals surface area contributed by atoms with Crippen LogP contribution in [0.2, 0.25) is 0 Å². The summed E-state index contributed by atoms with van der Waals surface area (Å²) in [6, 6.07) is 21.5. The van der Waals surface area contributed by atoms with E-state index >= 15 is 0 Å². The van der Waals surface area contributed by atoms with Gasteiger partial charge in [-0.05, 0) is 48.5 Å². The first-order valence-electron chi connectivity index (χ1n) is 11.3. The van der Waals surface area contributed by atoms with Gasteiger partial charge < -0.3 is 24.5 Å². The third-order valence-electron chi connectivity index (χ3n) is 5.71. The van der Waals surface area contributed by atoms with Gasteiger partial charge in [-0.15, -0.1) is 0 Å². The number of hydrogen-bond acceptors (Lipinski definition) is 7. The van der Waals surface area contributed by atoms with Crippen LogP contribution in [-0.4, -0.2) is 34.5 Å². The first kappa shape index (κ1) is 23.4. The van der Waals surface area contributed by atoms with Crippen LogP contribution in [0.25, 0.3) is 16.9 Å². The molecule has 0 saturated heterocycles. The molecule has 9 nitrogen and oxygen atoms in total. The van der Waals surface area contributed by atoms with E-state index in [2.05, 4.69) is 21.7 Å². The number of imidazole rings is 1. The lowest BCUT2D eigenvalue weighted by molar-refractivity contribution is 0.102. The quantitative estimate of drug-likeness (QED) is 0.319. The van der Waals surface area contributed by atoms with E-state index in [0.29, 0.717) is 45.5 Å². The summed E-state index contributed by atoms with van der Waals surface area (Å²) in [5.41, 5.74) is 4.42. The molecule has 37 heavy (non-hydrogen) atoms. The summed E-state index contributed by atoms with van der Waals surface area (Å²) in [5, 5.41) is 15.1. The minimum atomic E-state index is -0.265. The molecule has 5 rings (SSSR count). The number of nitrogens with one attached hydrogen (secondary N) is 2. The number of benzene rings is 3. The number of ether oxygens (including phenoxy) is 2. The van der Waals surface area contributed by atoms with E-state index in [-0.39, 0.29) is 5.91 Å². The molecular weight excluding hydrogens is 468 g/mol. The van der Waals surface area contributed by atoms with Crippen LogP contribution in [-0.2, 0) is 0 Å². The van der Waals surface area contributed by atoms with Crippen LogP contribution < -0.4 is 20.1 Å². The first-order chi connectivity index (χ1) is 18.1. The highest BCUT2D eigenvalue weighted by Crippen LogP contribution is 2.32. The van der Waals surface area contributed by atoms with E-state index in [0.717, 1.165) is 11.3 Å². The Hall–Kier alpha value is -5.36. The van der Waals surface area contributed by atoms with Crippen LogP contribution in [0.4, 0.5) is 17.2 Å². The van der Waals surface area contributed by atoms with Gasteiger partial charge in [0, 0.05) is 47.2 Å². The largest absolute Gasteiger partial charge is 0.493 e. The van der Waals surface area contributed by atoms with Gasteiger partial charge in [0.15, 0.2) is 23.0 Å². The van der Waals surface area contributed by atoms with Gasteiger partial charge in [-0.2, -0.15) is 5.26 Å². The molecule has 0 unspecified atom stereocenters. The van der Waals surface area contributed by atoms with Crippen LogP contribution >= 0.6 is 0 Å². The third-order valence-corrected chi connectivity index (χ3v) is 5.71. The fourth-order valence-electron chi connectivity index (χ4n) is 3.86. The fraction of sp³-hybridized carbons (Fsp3) is 0.0714. The number of nitriles is 1. The van der Waals surface area contributed by atoms with Crippen LogP contribution in [0.15, 0.2) is 85.3 Å². The molecule has 5 aromatic rings. The molecule has 0 fully saturated rings. The van der Waals surface area contributed by atoms with Crippen molar-refractivity contribution in [3.63, 3.8) is 0 Å². The highest BCUT2D eigenvalue weighted by molar-refractivity contribution is 6.05. The summed E-state index contributed by atoms with van der Waals surface area (Å²) < 4.78 is 12.6. The molecule has 9 heteroatoms. The predicted octanol–water partition coefficient (Wildman–Crippen LogP) is 5.28. The highest BCUT2D eigenvalue weighted by atomic mass is 16.5. The third kappa shape index (κ3) is 4.90. The Morgan fingerprint density at radius 3 is 2.51 bits per heavy atom. The van der Waals surface area contributed by atoms with Gasteiger partial charge in [0.1, 0.15) is 0 Å². The number of methoxy groups -OCH3 is 2. The standard InChI is InChI=1S/C28H22N6O3/c1-36-24-11-10-22(15-25(24)37-2)31-26-27-30-12-13-34(27)17-23(33-26)19-4-3-5-20(14-19)28(35)32-21-8-6-18(16-29)7-9-21/h3-15,17H,1-2H3,(H,31,33)(H,32,35). The number of fused-ring (bicyclic) bond motifs is 1. The minimum absolute atomic E-state index is 0.265. The van der Waals surface area contributed by atoms with Gasteiger partial charge in [0.25, 0.3) is 5.91 Å². The first-order valence-corrected chi connectivity index (χ1v) is 11.3. The average Bonchev–Trinajstić information content (AvgIpc) is 3.42. The normalized spacial score (nSPS) is 10.5. The number of amides is 1. The molecule has 0 aliphatic carbocycles. The number of rotatable bonds is 7. The van der Waals surface area contributed by atoms with Gasteiger partial charge >= 0.3 is 0 Å². The van der Waals surface area contributed by atoms with E-state index in [1.54, 1.807) is 56.8 Å². The monoisotopic (exact) mass is 490 g/mol. The molecule has 182 valence electrons. The molecule has 0 saturated carbocycles. The van der Waals surface area contributed by atoms with Crippen molar-refractivity contribution < 1.29 is 14.3 Å². The maximum atomic E-state index is 12.9. The van der Waals surface area contributed by atoms with Crippen molar-refractivity contribution in [3.05, 3.63) is 96.4 Å². The van der Waals surface area contributed by atoms with Crippen LogP contribution in [0.3, 0.4) is 0 Å². The van der Waals surface area contributed by atoms with E-state index in [1.807, 2.05) is 47.1 Å². The van der Waals surface area contributed by atoms with Crippen LogP contribution in [0.1, 0.15) is 15.9 Å². The highest BCUT2D eigenvalue weighted by Gasteiger charge is 2.13. The van der Waals surface area contributed by atoms with E-state index in [4.69, 9.17) is 19.7 Å². The van der Waals surface area contributed by atoms with Crippen LogP contribution in [0.5, 0.6) is 11.5 Å². The van der Waals surface area contributed by atoms with E-state index < -0.39 is 0 Å². The van der Waals surface area contributed by atoms with Crippen molar-refractivity contribution >= 4 is 28.7 Å². The molecule has 0 bridgehead atoms. The Bertz CT molecular complexity index is 1640. The number of aromatic nitrogens is 3. The molecule has 0 radical (unpaired) electrons. The lowest BCUT2D eigenvalue weighted by Crippen LogP contribution is -2.12. The molecule has 2 heterocycles. The number of nitrogens with zero attached hydrogens (tertiary/aromatic N) is 4. The van der Waals surface area contributed by atoms with Crippen molar-refractivity contribution in [2.45, 2.75) is 0 Å². The zero-order valence-corrected chi connectivity index (χ0v) is 20.1. The zero-order chi connectivity index (χ0) is 25.8. The average molecular weight is 491 g/mol. The van der Waals surface area contributed by atoms with Crippen LogP contribution in [0, 0.1) is 11.3 Å². The second-order valence-electron chi connectivity index (χ2n) is 8.05. The smallest absolute Gasteiger partial charge is 0.255 e. The van der Waals surface area contributed by atoms with Crippen molar-refractivity contribution in [2.75, 3.05) is 24.9 Å². The minimum Gasteiger partial charge on any atom is -0.493 e. The van der Waals surface area contributed by atoms with Crippen molar-refractivity contribution in [1.29, 1.82) is 5.26 Å². The number of carbonyl (C=O) groups excluding carboxylic acids is 1. The molecule has 1 amide bonds. The Morgan fingerprint density at radius 1 is 0.973 bits per heavy atom. The van der Waals surface area contributed by atoms with E-state index in [1.165, 1.54) is 0 Å². The Kier molecular flexibility index (Phi) is 6.38. The summed E-state index contributed by atoms with van der Waals surface area (Å²) in [5.74, 6) is 1.49. The van der Waals surface area contributed by atoms with E-state index in [9.17, 15) is 4.79 Å². The van der Waals surface area contributed by atoms with Gasteiger partial charge in [0.05, 0.1) is 31.5 Å². The molecule has 3 aromatic carbocycles. The molecule has 2 aromatic heterocycles. The number of anilines is 3. The number of hydrogen-bond donors (Lipinski definition) is 2. The summed E-state index contributed by atoms with van der Waals surface area (Å²) in [6.07, 6.45) is 5.39. The molecular formula is C28H22N6O3. The summed E-state index contributed by atoms with van der Waals surface area (Å²) >= 11 is 0. The summed E-state index contributed by atoms with van der Waals surface area (Å²) in [4.78, 5) is 22.1. The fourth-order valence-corrected chi connectivity index (χ4v) is 3.86. The van der Waals surface area contributed by atoms with Gasteiger partial charge in [-0.1, -0.05) is 12.1 Å². The lowest BCUT2D eigenvalue weighted by atomic mass is 10.1. The maximum Gasteiger partial charge on any atom is 0.255 e. The molecule has 2 N–H and O–H groups in total. The van der Waals surface area contributed by atoms with Gasteiger partial charge in [-0.25, -0.2) is 9.97 Å². The Balaban J connectivity index is 1.45. The Morgan fingerprint density at radius 2 is 1.76 bits per heavy atom. The second-order valence-corrected chi connectivity index (χ2v) is 8.05. The van der Waals surface area contributed by atoms with Crippen molar-refractivity contribution in [3.8, 4) is 28.8 Å². The van der Waals surface area contributed by atoms with Crippen molar-refractivity contribution in [1.82, 2.24) is 14.4 Å². The number of carbonyl (C=O) groups is 1. The Labute approximate surface area is 213 Å². The predicted molar refractivity (Wildman–Crippen MR) is 140 cm³/mol. The van der Waals surface area contributed by atoms with Crippen molar-refractivity contribution in [2.24, 2.45) is 0 Å². The lowest BCUT2D eigenvalue weighted by Gasteiger charge is -2.13. The van der Waals surface area contributed by atoms with Gasteiger partial charge in [0.2, 0.25) is 0 Å². The topological polar surface area (TPSA) is 114 Å². The molecule has 0 aliphatic rings. The SMILES string of the molecule is COc1ccc(Nc2nc(-c3cccc(C(=O)Nc4ccc(C#N)cc4)c3)cn3ccnc23)cc1OC. The summed E-state index contributed by atoms with van der Waals surface area (Å²) in [7, 11) is 3.17. The molecule has 0 spiro atoms. The molecule has 0 aliphatic heterocycles. The zero-order valence-electron chi connectivity index (χ0n) is 20.1. The molecule has 0 atom stereocenters.